The minimum Gasteiger partial charge on any atom is -0.465 e. The second-order valence-electron chi connectivity index (χ2n) is 4.45. The Balaban J connectivity index is 2.32. The molecule has 1 heterocycles. The van der Waals surface area contributed by atoms with E-state index in [2.05, 4.69) is 14.8 Å². The molecule has 1 aromatic carbocycles. The van der Waals surface area contributed by atoms with Gasteiger partial charge in [-0.2, -0.15) is 0 Å². The highest BCUT2D eigenvalue weighted by molar-refractivity contribution is 7.89. The molecule has 0 bridgehead atoms. The van der Waals surface area contributed by atoms with E-state index < -0.39 is 16.0 Å². The zero-order valence-electron chi connectivity index (χ0n) is 10.8. The van der Waals surface area contributed by atoms with Crippen LogP contribution in [0.15, 0.2) is 23.1 Å². The molecule has 1 atom stereocenters. The van der Waals surface area contributed by atoms with Crippen molar-refractivity contribution in [3.8, 4) is 0 Å². The molecule has 0 unspecified atom stereocenters. The standard InChI is InChI=1S/C12H15ClN2O4S/c1-19-12(16)8-2-3-10(13)11(6-8)20(17,18)15-9-4-5-14-7-9/h2-3,6,9,14-15H,4-5,7H2,1H3/t9-/m0/s1. The van der Waals surface area contributed by atoms with Crippen molar-refractivity contribution < 1.29 is 17.9 Å². The van der Waals surface area contributed by atoms with Crippen LogP contribution >= 0.6 is 11.6 Å². The number of benzene rings is 1. The van der Waals surface area contributed by atoms with E-state index in [0.717, 1.165) is 6.54 Å². The maximum atomic E-state index is 12.3. The molecule has 8 heteroatoms. The van der Waals surface area contributed by atoms with Gasteiger partial charge >= 0.3 is 5.97 Å². The summed E-state index contributed by atoms with van der Waals surface area (Å²) in [7, 11) is -2.54. The van der Waals surface area contributed by atoms with Crippen molar-refractivity contribution in [3.63, 3.8) is 0 Å². The van der Waals surface area contributed by atoms with Crippen molar-refractivity contribution >= 4 is 27.6 Å². The molecule has 1 aliphatic heterocycles. The van der Waals surface area contributed by atoms with Crippen molar-refractivity contribution in [2.75, 3.05) is 20.2 Å². The number of sulfonamides is 1. The van der Waals surface area contributed by atoms with Gasteiger partial charge in [-0.15, -0.1) is 0 Å². The van der Waals surface area contributed by atoms with Crippen LogP contribution in [0.2, 0.25) is 5.02 Å². The van der Waals surface area contributed by atoms with Gasteiger partial charge in [-0.1, -0.05) is 11.6 Å². The fourth-order valence-electron chi connectivity index (χ4n) is 1.99. The number of hydrogen-bond acceptors (Lipinski definition) is 5. The Morgan fingerprint density at radius 3 is 2.85 bits per heavy atom. The molecule has 110 valence electrons. The van der Waals surface area contributed by atoms with E-state index in [4.69, 9.17) is 11.6 Å². The number of rotatable bonds is 4. The summed E-state index contributed by atoms with van der Waals surface area (Å²) in [6, 6.07) is 3.84. The van der Waals surface area contributed by atoms with E-state index in [1.807, 2.05) is 0 Å². The predicted octanol–water partition coefficient (Wildman–Crippen LogP) is 0.767. The summed E-state index contributed by atoms with van der Waals surface area (Å²) in [5, 5.41) is 3.13. The van der Waals surface area contributed by atoms with Gasteiger partial charge in [0.25, 0.3) is 0 Å². The smallest absolute Gasteiger partial charge is 0.337 e. The molecular formula is C12H15ClN2O4S. The summed E-state index contributed by atoms with van der Waals surface area (Å²) in [4.78, 5) is 11.3. The maximum Gasteiger partial charge on any atom is 0.337 e. The summed E-state index contributed by atoms with van der Waals surface area (Å²) >= 11 is 5.93. The molecule has 6 nitrogen and oxygen atoms in total. The highest BCUT2D eigenvalue weighted by atomic mass is 35.5. The molecule has 2 N–H and O–H groups in total. The van der Waals surface area contributed by atoms with Gasteiger partial charge in [-0.3, -0.25) is 0 Å². The lowest BCUT2D eigenvalue weighted by Crippen LogP contribution is -2.36. The number of nitrogens with one attached hydrogen (secondary N) is 2. The lowest BCUT2D eigenvalue weighted by molar-refractivity contribution is 0.0600. The van der Waals surface area contributed by atoms with E-state index in [1.165, 1.54) is 25.3 Å². The summed E-state index contributed by atoms with van der Waals surface area (Å²) in [5.41, 5.74) is 0.141. The Labute approximate surface area is 122 Å². The molecule has 0 spiro atoms. The molecule has 0 saturated carbocycles. The number of carbonyl (C=O) groups is 1. The van der Waals surface area contributed by atoms with Crippen molar-refractivity contribution in [2.45, 2.75) is 17.4 Å². The molecule has 1 aliphatic rings. The first kappa shape index (κ1) is 15.2. The first-order chi connectivity index (χ1) is 9.44. The third-order valence-corrected chi connectivity index (χ3v) is 5.03. The average molecular weight is 319 g/mol. The average Bonchev–Trinajstić information content (AvgIpc) is 2.90. The second kappa shape index (κ2) is 6.09. The Hall–Kier alpha value is -1.15. The van der Waals surface area contributed by atoms with Crippen LogP contribution in [0.1, 0.15) is 16.8 Å². The quantitative estimate of drug-likeness (QED) is 0.801. The summed E-state index contributed by atoms with van der Waals surface area (Å²) in [6.07, 6.45) is 0.716. The number of hydrogen-bond donors (Lipinski definition) is 2. The van der Waals surface area contributed by atoms with E-state index >= 15 is 0 Å². The Morgan fingerprint density at radius 2 is 2.25 bits per heavy atom. The summed E-state index contributed by atoms with van der Waals surface area (Å²) in [5.74, 6) is -0.611. The van der Waals surface area contributed by atoms with Crippen LogP contribution in [0, 0.1) is 0 Å². The third kappa shape index (κ3) is 3.29. The van der Waals surface area contributed by atoms with Crippen LogP contribution < -0.4 is 10.0 Å². The minimum absolute atomic E-state index is 0.0658. The summed E-state index contributed by atoms with van der Waals surface area (Å²) in [6.45, 7) is 1.34. The molecular weight excluding hydrogens is 304 g/mol. The van der Waals surface area contributed by atoms with Crippen molar-refractivity contribution in [1.29, 1.82) is 0 Å². The topological polar surface area (TPSA) is 84.5 Å². The van der Waals surface area contributed by atoms with E-state index in [-0.39, 0.29) is 21.5 Å². The van der Waals surface area contributed by atoms with E-state index in [1.54, 1.807) is 0 Å². The molecule has 0 amide bonds. The Morgan fingerprint density at radius 1 is 1.50 bits per heavy atom. The largest absolute Gasteiger partial charge is 0.465 e. The SMILES string of the molecule is COC(=O)c1ccc(Cl)c(S(=O)(=O)N[C@H]2CCNC2)c1. The summed E-state index contributed by atoms with van der Waals surface area (Å²) < 4.78 is 31.7. The van der Waals surface area contributed by atoms with Crippen LogP contribution in [-0.2, 0) is 14.8 Å². The van der Waals surface area contributed by atoms with Crippen LogP contribution in [0.3, 0.4) is 0 Å². The van der Waals surface area contributed by atoms with Crippen LogP contribution in [-0.4, -0.2) is 40.6 Å². The monoisotopic (exact) mass is 318 g/mol. The first-order valence-electron chi connectivity index (χ1n) is 6.05. The number of esters is 1. The number of halogens is 1. The van der Waals surface area contributed by atoms with Gasteiger partial charge in [0, 0.05) is 12.6 Å². The van der Waals surface area contributed by atoms with Gasteiger partial charge in [-0.25, -0.2) is 17.9 Å². The molecule has 0 aliphatic carbocycles. The molecule has 1 aromatic rings. The van der Waals surface area contributed by atoms with Gasteiger partial charge in [0.1, 0.15) is 4.90 Å². The van der Waals surface area contributed by atoms with Gasteiger partial charge in [-0.05, 0) is 31.2 Å². The van der Waals surface area contributed by atoms with Gasteiger partial charge < -0.3 is 10.1 Å². The van der Waals surface area contributed by atoms with Crippen molar-refractivity contribution in [2.24, 2.45) is 0 Å². The van der Waals surface area contributed by atoms with E-state index in [9.17, 15) is 13.2 Å². The lowest BCUT2D eigenvalue weighted by Gasteiger charge is -2.13. The highest BCUT2D eigenvalue weighted by Gasteiger charge is 2.25. The third-order valence-electron chi connectivity index (χ3n) is 3.02. The zero-order chi connectivity index (χ0) is 14.8. The molecule has 0 radical (unpaired) electrons. The second-order valence-corrected chi connectivity index (χ2v) is 6.54. The lowest BCUT2D eigenvalue weighted by atomic mass is 10.2. The number of carbonyl (C=O) groups excluding carboxylic acids is 1. The van der Waals surface area contributed by atoms with Crippen LogP contribution in [0.25, 0.3) is 0 Å². The van der Waals surface area contributed by atoms with Gasteiger partial charge in [0.15, 0.2) is 0 Å². The molecule has 1 saturated heterocycles. The maximum absolute atomic E-state index is 12.3. The first-order valence-corrected chi connectivity index (χ1v) is 7.91. The molecule has 0 aromatic heterocycles. The molecule has 20 heavy (non-hydrogen) atoms. The Bertz CT molecular complexity index is 612. The van der Waals surface area contributed by atoms with Gasteiger partial charge in [0.2, 0.25) is 10.0 Å². The highest BCUT2D eigenvalue weighted by Crippen LogP contribution is 2.23. The minimum atomic E-state index is -3.77. The number of ether oxygens (including phenoxy) is 1. The number of methoxy groups -OCH3 is 1. The van der Waals surface area contributed by atoms with Crippen LogP contribution in [0.5, 0.6) is 0 Å². The zero-order valence-corrected chi connectivity index (χ0v) is 12.4. The fourth-order valence-corrected chi connectivity index (χ4v) is 3.79. The molecule has 1 fully saturated rings. The van der Waals surface area contributed by atoms with Crippen molar-refractivity contribution in [3.05, 3.63) is 28.8 Å². The normalized spacial score (nSPS) is 19.0. The molecule has 2 rings (SSSR count). The van der Waals surface area contributed by atoms with E-state index in [0.29, 0.717) is 13.0 Å². The van der Waals surface area contributed by atoms with Crippen molar-refractivity contribution in [1.82, 2.24) is 10.0 Å². The Kier molecular flexibility index (Phi) is 4.64. The van der Waals surface area contributed by atoms with Gasteiger partial charge in [0.05, 0.1) is 17.7 Å². The van der Waals surface area contributed by atoms with Crippen LogP contribution in [0.4, 0.5) is 0 Å². The fraction of sp³-hybridized carbons (Fsp3) is 0.417. The predicted molar refractivity (Wildman–Crippen MR) is 74.4 cm³/mol.